The minimum Gasteiger partial charge on any atom is -0.497 e. The summed E-state index contributed by atoms with van der Waals surface area (Å²) in [5.41, 5.74) is 1.12. The van der Waals surface area contributed by atoms with Gasteiger partial charge in [0, 0.05) is 12.6 Å². The first kappa shape index (κ1) is 14.7. The highest BCUT2D eigenvalue weighted by atomic mass is 16.5. The van der Waals surface area contributed by atoms with Crippen LogP contribution >= 0.6 is 0 Å². The van der Waals surface area contributed by atoms with Gasteiger partial charge >= 0.3 is 5.97 Å². The third-order valence-corrected chi connectivity index (χ3v) is 3.75. The van der Waals surface area contributed by atoms with Crippen molar-refractivity contribution in [2.24, 2.45) is 5.92 Å². The van der Waals surface area contributed by atoms with Crippen LogP contribution < -0.4 is 9.47 Å². The van der Waals surface area contributed by atoms with Crippen LogP contribution in [0.3, 0.4) is 0 Å². The van der Waals surface area contributed by atoms with Gasteiger partial charge in [0.05, 0.1) is 20.1 Å². The molecule has 110 valence electrons. The Bertz CT molecular complexity index is 445. The molecule has 1 heterocycles. The summed E-state index contributed by atoms with van der Waals surface area (Å²) in [7, 11) is 3.27. The van der Waals surface area contributed by atoms with Crippen LogP contribution in [0.5, 0.6) is 11.5 Å². The minimum absolute atomic E-state index is 0.189. The van der Waals surface area contributed by atoms with Gasteiger partial charge in [-0.15, -0.1) is 0 Å². The van der Waals surface area contributed by atoms with Gasteiger partial charge in [-0.3, -0.25) is 9.69 Å². The number of likely N-dealkylation sites (tertiary alicyclic amines) is 1. The molecule has 0 spiro atoms. The largest absolute Gasteiger partial charge is 0.497 e. The van der Waals surface area contributed by atoms with Gasteiger partial charge in [0.25, 0.3) is 0 Å². The summed E-state index contributed by atoms with van der Waals surface area (Å²) in [5, 5.41) is 9.00. The van der Waals surface area contributed by atoms with Gasteiger partial charge in [0.1, 0.15) is 11.5 Å². The van der Waals surface area contributed by atoms with Crippen molar-refractivity contribution in [3.05, 3.63) is 23.8 Å². The Hall–Kier alpha value is -1.75. The van der Waals surface area contributed by atoms with Crippen molar-refractivity contribution in [3.8, 4) is 11.5 Å². The fourth-order valence-corrected chi connectivity index (χ4v) is 2.55. The lowest BCUT2D eigenvalue weighted by molar-refractivity contribution is -0.143. The number of methoxy groups -OCH3 is 2. The van der Waals surface area contributed by atoms with Crippen LogP contribution in [0.4, 0.5) is 0 Å². The third-order valence-electron chi connectivity index (χ3n) is 3.75. The zero-order chi connectivity index (χ0) is 14.5. The van der Waals surface area contributed by atoms with E-state index < -0.39 is 5.97 Å². The molecule has 5 heteroatoms. The number of aliphatic carboxylic acids is 1. The van der Waals surface area contributed by atoms with Crippen LogP contribution in [0, 0.1) is 5.92 Å². The van der Waals surface area contributed by atoms with Crippen LogP contribution in [-0.2, 0) is 11.3 Å². The van der Waals surface area contributed by atoms with Gasteiger partial charge in [-0.25, -0.2) is 0 Å². The van der Waals surface area contributed by atoms with Crippen LogP contribution in [0.15, 0.2) is 18.2 Å². The SMILES string of the molecule is COc1cc(CN2CCC(C(=O)O)CC2)cc(OC)c1. The number of benzene rings is 1. The van der Waals surface area contributed by atoms with Gasteiger partial charge in [-0.05, 0) is 43.6 Å². The molecule has 0 amide bonds. The zero-order valence-corrected chi connectivity index (χ0v) is 12.0. The van der Waals surface area contributed by atoms with Crippen LogP contribution in [-0.4, -0.2) is 43.3 Å². The molecule has 1 aliphatic heterocycles. The fraction of sp³-hybridized carbons (Fsp3) is 0.533. The van der Waals surface area contributed by atoms with E-state index >= 15 is 0 Å². The summed E-state index contributed by atoms with van der Waals surface area (Å²) in [6.07, 6.45) is 1.44. The first-order valence-electron chi connectivity index (χ1n) is 6.79. The third kappa shape index (κ3) is 3.63. The summed E-state index contributed by atoms with van der Waals surface area (Å²) in [6, 6.07) is 5.83. The number of ether oxygens (including phenoxy) is 2. The molecule has 5 nitrogen and oxygen atoms in total. The van der Waals surface area contributed by atoms with Crippen molar-refractivity contribution in [3.63, 3.8) is 0 Å². The van der Waals surface area contributed by atoms with Gasteiger partial charge < -0.3 is 14.6 Å². The molecule has 1 fully saturated rings. The molecular weight excluding hydrogens is 258 g/mol. The van der Waals surface area contributed by atoms with E-state index in [1.807, 2.05) is 18.2 Å². The summed E-state index contributed by atoms with van der Waals surface area (Å²) in [5.74, 6) is 0.693. The van der Waals surface area contributed by atoms with Crippen molar-refractivity contribution in [2.45, 2.75) is 19.4 Å². The Kier molecular flexibility index (Phi) is 4.84. The number of carboxylic acid groups (broad SMARTS) is 1. The minimum atomic E-state index is -0.673. The second-order valence-electron chi connectivity index (χ2n) is 5.11. The first-order valence-corrected chi connectivity index (χ1v) is 6.79. The fourth-order valence-electron chi connectivity index (χ4n) is 2.55. The van der Waals surface area contributed by atoms with Crippen LogP contribution in [0.1, 0.15) is 18.4 Å². The highest BCUT2D eigenvalue weighted by Gasteiger charge is 2.24. The van der Waals surface area contributed by atoms with E-state index in [9.17, 15) is 4.79 Å². The Morgan fingerprint density at radius 3 is 2.20 bits per heavy atom. The number of rotatable bonds is 5. The van der Waals surface area contributed by atoms with Gasteiger partial charge in [0.2, 0.25) is 0 Å². The van der Waals surface area contributed by atoms with Crippen molar-refractivity contribution in [2.75, 3.05) is 27.3 Å². The van der Waals surface area contributed by atoms with E-state index in [4.69, 9.17) is 14.6 Å². The smallest absolute Gasteiger partial charge is 0.306 e. The number of carboxylic acids is 1. The summed E-state index contributed by atoms with van der Waals surface area (Å²) < 4.78 is 10.5. The standard InChI is InChI=1S/C15H21NO4/c1-19-13-7-11(8-14(9-13)20-2)10-16-5-3-12(4-6-16)15(17)18/h7-9,12H,3-6,10H2,1-2H3,(H,17,18). The zero-order valence-electron chi connectivity index (χ0n) is 12.0. The summed E-state index contributed by atoms with van der Waals surface area (Å²) in [4.78, 5) is 13.2. The molecule has 0 bridgehead atoms. The van der Waals surface area contributed by atoms with E-state index in [-0.39, 0.29) is 5.92 Å². The van der Waals surface area contributed by atoms with Gasteiger partial charge in [0.15, 0.2) is 0 Å². The maximum Gasteiger partial charge on any atom is 0.306 e. The predicted octanol–water partition coefficient (Wildman–Crippen LogP) is 2.00. The number of hydrogen-bond acceptors (Lipinski definition) is 4. The Labute approximate surface area is 119 Å². The van der Waals surface area contributed by atoms with E-state index in [1.54, 1.807) is 14.2 Å². The van der Waals surface area contributed by atoms with Gasteiger partial charge in [-0.1, -0.05) is 0 Å². The lowest BCUT2D eigenvalue weighted by atomic mass is 9.97. The molecule has 1 aliphatic rings. The molecule has 1 N–H and O–H groups in total. The Balaban J connectivity index is 1.98. The number of hydrogen-bond donors (Lipinski definition) is 1. The Morgan fingerprint density at radius 2 is 1.75 bits per heavy atom. The van der Waals surface area contributed by atoms with Crippen molar-refractivity contribution in [1.82, 2.24) is 4.90 Å². The van der Waals surface area contributed by atoms with Crippen LogP contribution in [0.2, 0.25) is 0 Å². The molecular formula is C15H21NO4. The van der Waals surface area contributed by atoms with Crippen molar-refractivity contribution in [1.29, 1.82) is 0 Å². The summed E-state index contributed by atoms with van der Waals surface area (Å²) >= 11 is 0. The second kappa shape index (κ2) is 6.61. The molecule has 0 radical (unpaired) electrons. The highest BCUT2D eigenvalue weighted by Crippen LogP contribution is 2.25. The Morgan fingerprint density at radius 1 is 1.20 bits per heavy atom. The average molecular weight is 279 g/mol. The van der Waals surface area contributed by atoms with Crippen molar-refractivity contribution < 1.29 is 19.4 Å². The lowest BCUT2D eigenvalue weighted by Gasteiger charge is -2.30. The molecule has 1 aromatic carbocycles. The van der Waals surface area contributed by atoms with Gasteiger partial charge in [-0.2, -0.15) is 0 Å². The molecule has 1 aromatic rings. The molecule has 0 saturated carbocycles. The van der Waals surface area contributed by atoms with Crippen molar-refractivity contribution >= 4 is 5.97 Å². The maximum absolute atomic E-state index is 10.9. The maximum atomic E-state index is 10.9. The van der Waals surface area contributed by atoms with E-state index in [1.165, 1.54) is 0 Å². The molecule has 0 atom stereocenters. The molecule has 0 aliphatic carbocycles. The molecule has 0 aromatic heterocycles. The molecule has 0 unspecified atom stereocenters. The average Bonchev–Trinajstić information content (AvgIpc) is 2.47. The first-order chi connectivity index (χ1) is 9.62. The normalized spacial score (nSPS) is 16.9. The van der Waals surface area contributed by atoms with E-state index in [0.717, 1.165) is 49.5 Å². The second-order valence-corrected chi connectivity index (χ2v) is 5.11. The molecule has 20 heavy (non-hydrogen) atoms. The molecule has 2 rings (SSSR count). The van der Waals surface area contributed by atoms with E-state index in [2.05, 4.69) is 4.90 Å². The predicted molar refractivity (Wildman–Crippen MR) is 75.2 cm³/mol. The molecule has 1 saturated heterocycles. The lowest BCUT2D eigenvalue weighted by Crippen LogP contribution is -2.35. The van der Waals surface area contributed by atoms with Crippen LogP contribution in [0.25, 0.3) is 0 Å². The highest BCUT2D eigenvalue weighted by molar-refractivity contribution is 5.70. The quantitative estimate of drug-likeness (QED) is 0.893. The summed E-state index contributed by atoms with van der Waals surface area (Å²) in [6.45, 7) is 2.42. The number of nitrogens with zero attached hydrogens (tertiary/aromatic N) is 1. The topological polar surface area (TPSA) is 59.0 Å². The van der Waals surface area contributed by atoms with E-state index in [0.29, 0.717) is 0 Å². The number of piperidine rings is 1. The monoisotopic (exact) mass is 279 g/mol. The number of carbonyl (C=O) groups is 1.